The number of hydrogen-bond donors (Lipinski definition) is 0. The Balaban J connectivity index is 2.87. The topological polar surface area (TPSA) is 53.3 Å². The van der Waals surface area contributed by atoms with Gasteiger partial charge in [0.05, 0.1) is 17.4 Å². The van der Waals surface area contributed by atoms with Gasteiger partial charge in [0.15, 0.2) is 0 Å². The Bertz CT molecular complexity index is 359. The zero-order valence-electron chi connectivity index (χ0n) is 11.6. The summed E-state index contributed by atoms with van der Waals surface area (Å²) in [6.45, 7) is 9.27. The highest BCUT2D eigenvalue weighted by molar-refractivity contribution is 6.21. The molecule has 4 nitrogen and oxygen atoms in total. The molecule has 4 atom stereocenters. The molecule has 1 amide bonds. The minimum absolute atomic E-state index is 0.0121. The molecular weight excluding hydrogens is 252 g/mol. The lowest BCUT2D eigenvalue weighted by atomic mass is 9.87. The number of alkyl halides is 1. The van der Waals surface area contributed by atoms with Gasteiger partial charge in [-0.2, -0.15) is 5.26 Å². The molecule has 0 aromatic carbocycles. The van der Waals surface area contributed by atoms with E-state index in [9.17, 15) is 4.79 Å². The number of carbonyl (C=O) groups is 1. The Hall–Kier alpha value is -0.950. The van der Waals surface area contributed by atoms with Gasteiger partial charge in [-0.25, -0.2) is 4.79 Å². The summed E-state index contributed by atoms with van der Waals surface area (Å²) in [6, 6.07) is 1.95. The van der Waals surface area contributed by atoms with Crippen LogP contribution in [0.5, 0.6) is 0 Å². The van der Waals surface area contributed by atoms with Crippen molar-refractivity contribution in [3.63, 3.8) is 0 Å². The number of likely N-dealkylation sites (tertiary alicyclic amines) is 1. The van der Waals surface area contributed by atoms with Crippen LogP contribution in [0.1, 0.15) is 41.0 Å². The molecular formula is C13H21ClN2O2. The normalized spacial score (nSPS) is 32.8. The average molecular weight is 273 g/mol. The van der Waals surface area contributed by atoms with Gasteiger partial charge >= 0.3 is 6.09 Å². The predicted molar refractivity (Wildman–Crippen MR) is 70.4 cm³/mol. The van der Waals surface area contributed by atoms with Crippen molar-refractivity contribution in [2.45, 2.75) is 64.1 Å². The zero-order chi connectivity index (χ0) is 14.1. The second-order valence-corrected chi connectivity index (χ2v) is 6.44. The maximum absolute atomic E-state index is 12.2. The van der Waals surface area contributed by atoms with Gasteiger partial charge in [-0.3, -0.25) is 0 Å². The first-order valence-corrected chi connectivity index (χ1v) is 6.66. The summed E-state index contributed by atoms with van der Waals surface area (Å²) in [7, 11) is 0. The van der Waals surface area contributed by atoms with Crippen molar-refractivity contribution in [3.8, 4) is 6.07 Å². The Labute approximate surface area is 114 Å². The summed E-state index contributed by atoms with van der Waals surface area (Å²) in [5, 5.41) is 8.93. The highest BCUT2D eigenvalue weighted by Gasteiger charge is 2.42. The van der Waals surface area contributed by atoms with E-state index in [0.717, 1.165) is 0 Å². The van der Waals surface area contributed by atoms with Crippen LogP contribution >= 0.6 is 11.6 Å². The fourth-order valence-corrected chi connectivity index (χ4v) is 2.84. The lowest BCUT2D eigenvalue weighted by molar-refractivity contribution is -0.00539. The van der Waals surface area contributed by atoms with Gasteiger partial charge in [-0.05, 0) is 41.0 Å². The van der Waals surface area contributed by atoms with Gasteiger partial charge < -0.3 is 9.64 Å². The maximum Gasteiger partial charge on any atom is 0.410 e. The molecule has 1 aliphatic rings. The monoisotopic (exact) mass is 272 g/mol. The molecule has 0 aromatic rings. The van der Waals surface area contributed by atoms with Gasteiger partial charge in [0.25, 0.3) is 0 Å². The van der Waals surface area contributed by atoms with Crippen LogP contribution < -0.4 is 0 Å². The summed E-state index contributed by atoms with van der Waals surface area (Å²) in [5.41, 5.74) is -0.531. The molecule has 0 aliphatic carbocycles. The molecule has 4 unspecified atom stereocenters. The van der Waals surface area contributed by atoms with Crippen LogP contribution in [0.4, 0.5) is 4.79 Å². The van der Waals surface area contributed by atoms with Gasteiger partial charge in [0.2, 0.25) is 0 Å². The molecule has 1 saturated heterocycles. The molecule has 1 fully saturated rings. The first kappa shape index (κ1) is 15.1. The van der Waals surface area contributed by atoms with Crippen molar-refractivity contribution in [2.24, 2.45) is 5.92 Å². The number of nitrogens with zero attached hydrogens (tertiary/aromatic N) is 2. The summed E-state index contributed by atoms with van der Waals surface area (Å²) in [5.74, 6) is -0.351. The van der Waals surface area contributed by atoms with Gasteiger partial charge in [-0.1, -0.05) is 0 Å². The summed E-state index contributed by atoms with van der Waals surface area (Å²) in [4.78, 5) is 13.8. The third-order valence-electron chi connectivity index (χ3n) is 3.14. The zero-order valence-corrected chi connectivity index (χ0v) is 12.4. The quantitative estimate of drug-likeness (QED) is 0.637. The Morgan fingerprint density at radius 1 is 1.44 bits per heavy atom. The minimum atomic E-state index is -0.531. The number of carbonyl (C=O) groups excluding carboxylic acids is 1. The molecule has 1 aliphatic heterocycles. The van der Waals surface area contributed by atoms with E-state index >= 15 is 0 Å². The largest absolute Gasteiger partial charge is 0.444 e. The van der Waals surface area contributed by atoms with E-state index in [4.69, 9.17) is 21.6 Å². The highest BCUT2D eigenvalue weighted by atomic mass is 35.5. The van der Waals surface area contributed by atoms with Crippen LogP contribution in [0.2, 0.25) is 0 Å². The van der Waals surface area contributed by atoms with Gasteiger partial charge in [0.1, 0.15) is 5.60 Å². The smallest absolute Gasteiger partial charge is 0.410 e. The van der Waals surface area contributed by atoms with Gasteiger partial charge in [0, 0.05) is 12.1 Å². The van der Waals surface area contributed by atoms with E-state index in [-0.39, 0.29) is 29.5 Å². The molecule has 0 N–H and O–H groups in total. The van der Waals surface area contributed by atoms with Gasteiger partial charge in [-0.15, -0.1) is 11.6 Å². The number of nitriles is 1. The molecule has 1 rings (SSSR count). The van der Waals surface area contributed by atoms with Crippen molar-refractivity contribution in [1.82, 2.24) is 4.90 Å². The van der Waals surface area contributed by atoms with Crippen molar-refractivity contribution < 1.29 is 9.53 Å². The van der Waals surface area contributed by atoms with E-state index in [0.29, 0.717) is 6.42 Å². The van der Waals surface area contributed by atoms with Crippen LogP contribution in [0.3, 0.4) is 0 Å². The van der Waals surface area contributed by atoms with E-state index in [1.807, 2.05) is 34.6 Å². The summed E-state index contributed by atoms with van der Waals surface area (Å²) in [6.07, 6.45) is 0.245. The molecule has 0 spiro atoms. The Morgan fingerprint density at radius 3 is 2.44 bits per heavy atom. The number of halogens is 1. The van der Waals surface area contributed by atoms with Crippen molar-refractivity contribution in [1.29, 1.82) is 5.26 Å². The van der Waals surface area contributed by atoms with Crippen LogP contribution in [-0.2, 0) is 4.74 Å². The minimum Gasteiger partial charge on any atom is -0.444 e. The maximum atomic E-state index is 12.2. The molecule has 1 heterocycles. The van der Waals surface area contributed by atoms with Crippen LogP contribution in [-0.4, -0.2) is 34.1 Å². The lowest BCUT2D eigenvalue weighted by Crippen LogP contribution is -2.55. The Kier molecular flexibility index (Phi) is 4.50. The number of amides is 1. The number of hydrogen-bond acceptors (Lipinski definition) is 3. The number of ether oxygens (including phenoxy) is 1. The van der Waals surface area contributed by atoms with E-state index in [1.165, 1.54) is 0 Å². The van der Waals surface area contributed by atoms with Crippen LogP contribution in [0.15, 0.2) is 0 Å². The van der Waals surface area contributed by atoms with E-state index in [1.54, 1.807) is 4.90 Å². The van der Waals surface area contributed by atoms with E-state index < -0.39 is 5.60 Å². The van der Waals surface area contributed by atoms with Crippen LogP contribution in [0, 0.1) is 17.2 Å². The standard InChI is InChI=1S/C13H21ClN2O2/c1-8-6-11(14)10(7-15)9(2)16(8)12(17)18-13(3,4)5/h8-11H,6H2,1-5H3. The van der Waals surface area contributed by atoms with Crippen molar-refractivity contribution in [2.75, 3.05) is 0 Å². The molecule has 18 heavy (non-hydrogen) atoms. The van der Waals surface area contributed by atoms with E-state index in [2.05, 4.69) is 6.07 Å². The summed E-state index contributed by atoms with van der Waals surface area (Å²) < 4.78 is 5.38. The number of piperidine rings is 1. The molecule has 5 heteroatoms. The van der Waals surface area contributed by atoms with Crippen molar-refractivity contribution >= 4 is 17.7 Å². The molecule has 0 radical (unpaired) electrons. The second-order valence-electron chi connectivity index (χ2n) is 5.88. The summed E-state index contributed by atoms with van der Waals surface area (Å²) >= 11 is 6.17. The molecule has 102 valence electrons. The lowest BCUT2D eigenvalue weighted by Gasteiger charge is -2.43. The van der Waals surface area contributed by atoms with Crippen LogP contribution in [0.25, 0.3) is 0 Å². The fourth-order valence-electron chi connectivity index (χ4n) is 2.31. The first-order chi connectivity index (χ1) is 8.17. The highest BCUT2D eigenvalue weighted by Crippen LogP contribution is 2.32. The number of rotatable bonds is 0. The SMILES string of the molecule is CC1CC(Cl)C(C#N)C(C)N1C(=O)OC(C)(C)C. The predicted octanol–water partition coefficient (Wildman–Crippen LogP) is 3.15. The second kappa shape index (κ2) is 5.36. The third kappa shape index (κ3) is 3.29. The molecule has 0 aromatic heterocycles. The fraction of sp³-hybridized carbons (Fsp3) is 0.846. The van der Waals surface area contributed by atoms with Crippen molar-refractivity contribution in [3.05, 3.63) is 0 Å². The average Bonchev–Trinajstić information content (AvgIpc) is 2.13. The molecule has 0 saturated carbocycles. The molecule has 0 bridgehead atoms. The first-order valence-electron chi connectivity index (χ1n) is 6.22. The third-order valence-corrected chi connectivity index (χ3v) is 3.59. The Morgan fingerprint density at radius 2 is 2.00 bits per heavy atom.